The molecule has 0 aliphatic rings. The summed E-state index contributed by atoms with van der Waals surface area (Å²) < 4.78 is 14.8. The third-order valence-corrected chi connectivity index (χ3v) is 2.04. The van der Waals surface area contributed by atoms with Gasteiger partial charge in [0, 0.05) is 6.92 Å². The lowest BCUT2D eigenvalue weighted by molar-refractivity contribution is -0.182. The smallest absolute Gasteiger partial charge is 0.310 e. The summed E-state index contributed by atoms with van der Waals surface area (Å²) in [4.78, 5) is 21.8. The summed E-state index contributed by atoms with van der Waals surface area (Å²) in [5.74, 6) is -0.755. The molecule has 16 heavy (non-hydrogen) atoms. The molecule has 0 fully saturated rings. The van der Waals surface area contributed by atoms with Crippen LogP contribution < -0.4 is 0 Å². The van der Waals surface area contributed by atoms with E-state index in [-0.39, 0.29) is 31.1 Å². The predicted molar refractivity (Wildman–Crippen MR) is 57.6 cm³/mol. The maximum atomic E-state index is 11.3. The molecule has 0 spiro atoms. The number of rotatable bonds is 7. The number of carbonyl (C=O) groups is 2. The van der Waals surface area contributed by atoms with Crippen molar-refractivity contribution in [1.29, 1.82) is 0 Å². The van der Waals surface area contributed by atoms with Gasteiger partial charge in [-0.15, -0.1) is 0 Å². The van der Waals surface area contributed by atoms with Gasteiger partial charge in [-0.05, 0) is 13.3 Å². The third-order valence-electron chi connectivity index (χ3n) is 2.04. The Morgan fingerprint density at radius 3 is 2.31 bits per heavy atom. The molecule has 2 unspecified atom stereocenters. The Kier molecular flexibility index (Phi) is 7.54. The fraction of sp³-hybridized carbons (Fsp3) is 0.818. The van der Waals surface area contributed by atoms with Gasteiger partial charge in [-0.25, -0.2) is 0 Å². The summed E-state index contributed by atoms with van der Waals surface area (Å²) in [6.07, 6.45) is 0.121. The van der Waals surface area contributed by atoms with Crippen molar-refractivity contribution in [2.75, 3.05) is 13.2 Å². The molecule has 5 nitrogen and oxygen atoms in total. The summed E-state index contributed by atoms with van der Waals surface area (Å²) in [5.41, 5.74) is 0. The molecule has 0 bridgehead atoms. The zero-order chi connectivity index (χ0) is 12.6. The summed E-state index contributed by atoms with van der Waals surface area (Å²) in [6.45, 7) is 7.06. The molecule has 0 rings (SSSR count). The van der Waals surface area contributed by atoms with E-state index >= 15 is 0 Å². The van der Waals surface area contributed by atoms with Crippen LogP contribution in [0.1, 0.15) is 34.1 Å². The molecule has 0 aliphatic heterocycles. The third kappa shape index (κ3) is 7.23. The van der Waals surface area contributed by atoms with E-state index in [1.807, 2.05) is 6.92 Å². The highest BCUT2D eigenvalue weighted by atomic mass is 16.7. The van der Waals surface area contributed by atoms with E-state index in [2.05, 4.69) is 4.74 Å². The number of hydrogen-bond acceptors (Lipinski definition) is 5. The molecule has 0 amide bonds. The minimum absolute atomic E-state index is 0.125. The Balaban J connectivity index is 3.62. The van der Waals surface area contributed by atoms with Crippen molar-refractivity contribution >= 4 is 11.9 Å². The van der Waals surface area contributed by atoms with Crippen LogP contribution in [0.15, 0.2) is 0 Å². The van der Waals surface area contributed by atoms with E-state index in [1.165, 1.54) is 6.92 Å². The largest absolute Gasteiger partial charge is 0.463 e. The quantitative estimate of drug-likeness (QED) is 0.378. The minimum Gasteiger partial charge on any atom is -0.463 e. The zero-order valence-corrected chi connectivity index (χ0v) is 10.3. The van der Waals surface area contributed by atoms with Crippen molar-refractivity contribution in [2.24, 2.45) is 5.92 Å². The monoisotopic (exact) mass is 232 g/mol. The Morgan fingerprint density at radius 1 is 1.19 bits per heavy atom. The van der Waals surface area contributed by atoms with Gasteiger partial charge in [0.25, 0.3) is 0 Å². The SMILES string of the molecule is CCC(C)C(=O)OC(C)OCCOC(C)=O. The van der Waals surface area contributed by atoms with Crippen molar-refractivity contribution in [2.45, 2.75) is 40.4 Å². The zero-order valence-electron chi connectivity index (χ0n) is 10.3. The first kappa shape index (κ1) is 14.9. The Hall–Kier alpha value is -1.10. The van der Waals surface area contributed by atoms with Gasteiger partial charge in [0.2, 0.25) is 0 Å². The normalized spacial score (nSPS) is 14.0. The van der Waals surface area contributed by atoms with Crippen molar-refractivity contribution in [1.82, 2.24) is 0 Å². The van der Waals surface area contributed by atoms with Crippen LogP contribution in [-0.2, 0) is 23.8 Å². The van der Waals surface area contributed by atoms with E-state index in [9.17, 15) is 9.59 Å². The van der Waals surface area contributed by atoms with Crippen LogP contribution in [0.4, 0.5) is 0 Å². The van der Waals surface area contributed by atoms with Gasteiger partial charge in [-0.1, -0.05) is 13.8 Å². The van der Waals surface area contributed by atoms with E-state index in [0.717, 1.165) is 6.42 Å². The van der Waals surface area contributed by atoms with Crippen molar-refractivity contribution < 1.29 is 23.8 Å². The van der Waals surface area contributed by atoms with Crippen LogP contribution in [0, 0.1) is 5.92 Å². The van der Waals surface area contributed by atoms with Gasteiger partial charge in [0.1, 0.15) is 6.61 Å². The van der Waals surface area contributed by atoms with Crippen LogP contribution in [0.2, 0.25) is 0 Å². The molecule has 0 aromatic rings. The highest BCUT2D eigenvalue weighted by Crippen LogP contribution is 2.06. The molecular weight excluding hydrogens is 212 g/mol. The lowest BCUT2D eigenvalue weighted by Gasteiger charge is -2.16. The molecule has 0 heterocycles. The average molecular weight is 232 g/mol. The van der Waals surface area contributed by atoms with Gasteiger partial charge in [-0.2, -0.15) is 0 Å². The van der Waals surface area contributed by atoms with Crippen LogP contribution in [-0.4, -0.2) is 31.4 Å². The fourth-order valence-corrected chi connectivity index (χ4v) is 0.880. The summed E-state index contributed by atoms with van der Waals surface area (Å²) >= 11 is 0. The van der Waals surface area contributed by atoms with Crippen molar-refractivity contribution in [3.05, 3.63) is 0 Å². The van der Waals surface area contributed by atoms with Crippen molar-refractivity contribution in [3.8, 4) is 0 Å². The highest BCUT2D eigenvalue weighted by Gasteiger charge is 2.15. The molecule has 5 heteroatoms. The van der Waals surface area contributed by atoms with Crippen LogP contribution in [0.3, 0.4) is 0 Å². The minimum atomic E-state index is -0.614. The van der Waals surface area contributed by atoms with Gasteiger partial charge in [0.05, 0.1) is 12.5 Å². The molecule has 0 saturated heterocycles. The molecule has 0 aromatic heterocycles. The second-order valence-electron chi connectivity index (χ2n) is 3.52. The topological polar surface area (TPSA) is 61.8 Å². The molecule has 94 valence electrons. The molecule has 0 radical (unpaired) electrons. The number of carbonyl (C=O) groups excluding carboxylic acids is 2. The number of hydrogen-bond donors (Lipinski definition) is 0. The summed E-state index contributed by atoms with van der Waals surface area (Å²) in [5, 5.41) is 0. The predicted octanol–water partition coefficient (Wildman–Crippen LogP) is 1.50. The molecule has 0 N–H and O–H groups in total. The van der Waals surface area contributed by atoms with Crippen LogP contribution in [0.5, 0.6) is 0 Å². The van der Waals surface area contributed by atoms with E-state index in [1.54, 1.807) is 13.8 Å². The lowest BCUT2D eigenvalue weighted by atomic mass is 10.1. The highest BCUT2D eigenvalue weighted by molar-refractivity contribution is 5.71. The Morgan fingerprint density at radius 2 is 1.81 bits per heavy atom. The molecule has 0 aliphatic carbocycles. The van der Waals surface area contributed by atoms with Gasteiger partial charge in [-0.3, -0.25) is 9.59 Å². The van der Waals surface area contributed by atoms with Crippen LogP contribution in [0.25, 0.3) is 0 Å². The molecule has 0 saturated carbocycles. The van der Waals surface area contributed by atoms with Gasteiger partial charge >= 0.3 is 11.9 Å². The Labute approximate surface area is 96.1 Å². The van der Waals surface area contributed by atoms with Crippen molar-refractivity contribution in [3.63, 3.8) is 0 Å². The van der Waals surface area contributed by atoms with Crippen LogP contribution >= 0.6 is 0 Å². The van der Waals surface area contributed by atoms with E-state index in [0.29, 0.717) is 0 Å². The van der Waals surface area contributed by atoms with Gasteiger partial charge < -0.3 is 14.2 Å². The lowest BCUT2D eigenvalue weighted by Crippen LogP contribution is -2.24. The first-order chi connectivity index (χ1) is 7.47. The fourth-order valence-electron chi connectivity index (χ4n) is 0.880. The number of esters is 2. The maximum Gasteiger partial charge on any atom is 0.310 e. The average Bonchev–Trinajstić information content (AvgIpc) is 2.22. The number of ether oxygens (including phenoxy) is 3. The maximum absolute atomic E-state index is 11.3. The summed E-state index contributed by atoms with van der Waals surface area (Å²) in [7, 11) is 0. The van der Waals surface area contributed by atoms with Gasteiger partial charge in [0.15, 0.2) is 6.29 Å². The second kappa shape index (κ2) is 8.10. The molecule has 0 aromatic carbocycles. The Bertz CT molecular complexity index is 226. The molecule has 2 atom stereocenters. The van der Waals surface area contributed by atoms with E-state index in [4.69, 9.17) is 9.47 Å². The summed E-state index contributed by atoms with van der Waals surface area (Å²) in [6, 6.07) is 0. The first-order valence-electron chi connectivity index (χ1n) is 5.42. The van der Waals surface area contributed by atoms with E-state index < -0.39 is 6.29 Å². The first-order valence-corrected chi connectivity index (χ1v) is 5.42. The second-order valence-corrected chi connectivity index (χ2v) is 3.52. The standard InChI is InChI=1S/C11H20O5/c1-5-8(2)11(13)16-10(4)15-7-6-14-9(3)12/h8,10H,5-7H2,1-4H3. The molecular formula is C11H20O5.